The van der Waals surface area contributed by atoms with Crippen LogP contribution in [0.5, 0.6) is 0 Å². The molecule has 0 saturated carbocycles. The van der Waals surface area contributed by atoms with Crippen LogP contribution in [0.25, 0.3) is 6.08 Å². The Bertz CT molecular complexity index is 562. The normalized spacial score (nSPS) is 12.2. The van der Waals surface area contributed by atoms with E-state index < -0.39 is 16.2 Å². The Kier molecular flexibility index (Phi) is 5.22. The van der Waals surface area contributed by atoms with E-state index in [1.165, 1.54) is 20.2 Å². The van der Waals surface area contributed by atoms with Gasteiger partial charge in [0.2, 0.25) is 0 Å². The minimum absolute atomic E-state index is 0.184. The van der Waals surface area contributed by atoms with E-state index in [1.54, 1.807) is 24.3 Å². The topological polar surface area (TPSA) is 86.7 Å². The van der Waals surface area contributed by atoms with Crippen molar-refractivity contribution in [2.24, 2.45) is 0 Å². The molecular weight excluding hydrogens is 268 g/mol. The molecule has 0 aromatic heterocycles. The molecule has 7 heteroatoms. The molecule has 0 aliphatic heterocycles. The molecule has 0 unspecified atom stereocenters. The van der Waals surface area contributed by atoms with E-state index in [2.05, 4.69) is 4.72 Å². The zero-order valence-corrected chi connectivity index (χ0v) is 11.5. The Labute approximate surface area is 112 Å². The van der Waals surface area contributed by atoms with Gasteiger partial charge < -0.3 is 5.11 Å². The summed E-state index contributed by atoms with van der Waals surface area (Å²) >= 11 is 0. The number of aliphatic carboxylic acids is 1. The van der Waals surface area contributed by atoms with Crippen molar-refractivity contribution in [1.82, 2.24) is 9.03 Å². The monoisotopic (exact) mass is 284 g/mol. The zero-order chi connectivity index (χ0) is 14.5. The number of carboxylic acid groups (broad SMARTS) is 1. The van der Waals surface area contributed by atoms with Crippen molar-refractivity contribution in [2.45, 2.75) is 6.54 Å². The number of nitrogens with one attached hydrogen (secondary N) is 1. The van der Waals surface area contributed by atoms with E-state index in [-0.39, 0.29) is 6.54 Å². The molecule has 0 heterocycles. The SMILES string of the molecule is CN(C)S(=O)(=O)NCc1ccc(/C=C/C(=O)O)cc1. The van der Waals surface area contributed by atoms with Crippen LogP contribution >= 0.6 is 0 Å². The molecule has 2 N–H and O–H groups in total. The van der Waals surface area contributed by atoms with Crippen LogP contribution in [0.15, 0.2) is 30.3 Å². The van der Waals surface area contributed by atoms with Crippen molar-refractivity contribution in [1.29, 1.82) is 0 Å². The number of hydrogen-bond donors (Lipinski definition) is 2. The average Bonchev–Trinajstić information content (AvgIpc) is 2.35. The number of carbonyl (C=O) groups is 1. The van der Waals surface area contributed by atoms with Gasteiger partial charge in [-0.1, -0.05) is 24.3 Å². The highest BCUT2D eigenvalue weighted by Crippen LogP contribution is 2.06. The van der Waals surface area contributed by atoms with Crippen LogP contribution in [0.3, 0.4) is 0 Å². The van der Waals surface area contributed by atoms with Gasteiger partial charge in [-0.3, -0.25) is 0 Å². The Morgan fingerprint density at radius 2 is 1.89 bits per heavy atom. The maximum Gasteiger partial charge on any atom is 0.328 e. The number of benzene rings is 1. The first-order chi connectivity index (χ1) is 8.81. The second-order valence-electron chi connectivity index (χ2n) is 4.02. The van der Waals surface area contributed by atoms with Crippen molar-refractivity contribution in [3.8, 4) is 0 Å². The molecule has 1 aromatic carbocycles. The Morgan fingerprint density at radius 1 is 1.32 bits per heavy atom. The second kappa shape index (κ2) is 6.46. The first kappa shape index (κ1) is 15.4. The van der Waals surface area contributed by atoms with Crippen LogP contribution in [-0.4, -0.2) is 37.9 Å². The summed E-state index contributed by atoms with van der Waals surface area (Å²) in [4.78, 5) is 10.3. The fraction of sp³-hybridized carbons (Fsp3) is 0.250. The number of carboxylic acids is 1. The molecule has 0 saturated heterocycles. The highest BCUT2D eigenvalue weighted by molar-refractivity contribution is 7.87. The van der Waals surface area contributed by atoms with Gasteiger partial charge in [0.05, 0.1) is 0 Å². The van der Waals surface area contributed by atoms with Crippen molar-refractivity contribution in [3.05, 3.63) is 41.5 Å². The summed E-state index contributed by atoms with van der Waals surface area (Å²) < 4.78 is 26.5. The summed E-state index contributed by atoms with van der Waals surface area (Å²) in [7, 11) is -0.543. The third kappa shape index (κ3) is 5.21. The van der Waals surface area contributed by atoms with Gasteiger partial charge in [0.25, 0.3) is 10.2 Å². The van der Waals surface area contributed by atoms with E-state index in [0.29, 0.717) is 0 Å². The van der Waals surface area contributed by atoms with Crippen LogP contribution in [-0.2, 0) is 21.5 Å². The number of nitrogens with zero attached hydrogens (tertiary/aromatic N) is 1. The standard InChI is InChI=1S/C12H16N2O4S/c1-14(2)19(17,18)13-9-11-5-3-10(4-6-11)7-8-12(15)16/h3-8,13H,9H2,1-2H3,(H,15,16)/b8-7+. The van der Waals surface area contributed by atoms with Gasteiger partial charge in [-0.2, -0.15) is 17.4 Å². The fourth-order valence-corrected chi connectivity index (χ4v) is 1.83. The van der Waals surface area contributed by atoms with Crippen LogP contribution in [0.2, 0.25) is 0 Å². The van der Waals surface area contributed by atoms with Crippen molar-refractivity contribution >= 4 is 22.3 Å². The van der Waals surface area contributed by atoms with Gasteiger partial charge in [0, 0.05) is 26.7 Å². The van der Waals surface area contributed by atoms with Crippen molar-refractivity contribution < 1.29 is 18.3 Å². The predicted octanol–water partition coefficient (Wildman–Crippen LogP) is 0.680. The summed E-state index contributed by atoms with van der Waals surface area (Å²) in [5, 5.41) is 8.49. The first-order valence-corrected chi connectivity index (χ1v) is 6.92. The molecule has 0 aliphatic rings. The predicted molar refractivity (Wildman–Crippen MR) is 72.6 cm³/mol. The molecule has 0 bridgehead atoms. The van der Waals surface area contributed by atoms with Crippen LogP contribution in [0, 0.1) is 0 Å². The molecular formula is C12H16N2O4S. The van der Waals surface area contributed by atoms with Crippen LogP contribution in [0.4, 0.5) is 0 Å². The molecule has 6 nitrogen and oxygen atoms in total. The highest BCUT2D eigenvalue weighted by atomic mass is 32.2. The maximum atomic E-state index is 11.5. The van der Waals surface area contributed by atoms with Gasteiger partial charge in [-0.25, -0.2) is 4.79 Å². The van der Waals surface area contributed by atoms with E-state index in [1.807, 2.05) is 0 Å². The molecule has 1 rings (SSSR count). The van der Waals surface area contributed by atoms with Crippen molar-refractivity contribution in [3.63, 3.8) is 0 Å². The molecule has 0 fully saturated rings. The average molecular weight is 284 g/mol. The highest BCUT2D eigenvalue weighted by Gasteiger charge is 2.11. The summed E-state index contributed by atoms with van der Waals surface area (Å²) in [6.45, 7) is 0.184. The molecule has 0 atom stereocenters. The molecule has 0 spiro atoms. The van der Waals surface area contributed by atoms with Gasteiger partial charge in [0.15, 0.2) is 0 Å². The summed E-state index contributed by atoms with van der Waals surface area (Å²) in [5.74, 6) is -1.01. The zero-order valence-electron chi connectivity index (χ0n) is 10.7. The van der Waals surface area contributed by atoms with Gasteiger partial charge in [-0.05, 0) is 17.2 Å². The fourth-order valence-electron chi connectivity index (χ4n) is 1.22. The van der Waals surface area contributed by atoms with E-state index in [9.17, 15) is 13.2 Å². The lowest BCUT2D eigenvalue weighted by atomic mass is 10.1. The molecule has 0 radical (unpaired) electrons. The smallest absolute Gasteiger partial charge is 0.328 e. The molecule has 1 aromatic rings. The summed E-state index contributed by atoms with van der Waals surface area (Å²) in [6.07, 6.45) is 2.51. The number of hydrogen-bond acceptors (Lipinski definition) is 3. The molecule has 0 amide bonds. The maximum absolute atomic E-state index is 11.5. The van der Waals surface area contributed by atoms with E-state index >= 15 is 0 Å². The largest absolute Gasteiger partial charge is 0.478 e. The molecule has 104 valence electrons. The van der Waals surface area contributed by atoms with Crippen LogP contribution < -0.4 is 4.72 Å². The summed E-state index contributed by atoms with van der Waals surface area (Å²) in [5.41, 5.74) is 1.53. The first-order valence-electron chi connectivity index (χ1n) is 5.48. The number of rotatable bonds is 6. The summed E-state index contributed by atoms with van der Waals surface area (Å²) in [6, 6.07) is 6.91. The van der Waals surface area contributed by atoms with E-state index in [0.717, 1.165) is 21.5 Å². The quantitative estimate of drug-likeness (QED) is 0.752. The Morgan fingerprint density at radius 3 is 2.37 bits per heavy atom. The van der Waals surface area contributed by atoms with Gasteiger partial charge in [-0.15, -0.1) is 0 Å². The lowest BCUT2D eigenvalue weighted by Gasteiger charge is -2.12. The van der Waals surface area contributed by atoms with Crippen LogP contribution in [0.1, 0.15) is 11.1 Å². The third-order valence-electron chi connectivity index (χ3n) is 2.34. The minimum Gasteiger partial charge on any atom is -0.478 e. The van der Waals surface area contributed by atoms with E-state index in [4.69, 9.17) is 5.11 Å². The Hall–Kier alpha value is -1.70. The molecule has 0 aliphatic carbocycles. The molecule has 19 heavy (non-hydrogen) atoms. The minimum atomic E-state index is -3.44. The second-order valence-corrected chi connectivity index (χ2v) is 5.99. The lowest BCUT2D eigenvalue weighted by Crippen LogP contribution is -2.35. The van der Waals surface area contributed by atoms with Crippen molar-refractivity contribution in [2.75, 3.05) is 14.1 Å². The third-order valence-corrected chi connectivity index (χ3v) is 3.81. The van der Waals surface area contributed by atoms with Gasteiger partial charge in [0.1, 0.15) is 0 Å². The van der Waals surface area contributed by atoms with Gasteiger partial charge >= 0.3 is 5.97 Å². The lowest BCUT2D eigenvalue weighted by molar-refractivity contribution is -0.131. The Balaban J connectivity index is 2.65.